The number of amides is 1. The third-order valence-corrected chi connectivity index (χ3v) is 2.66. The predicted molar refractivity (Wildman–Crippen MR) is 70.4 cm³/mol. The van der Waals surface area contributed by atoms with E-state index in [1.807, 2.05) is 20.8 Å². The molecule has 1 amide bonds. The van der Waals surface area contributed by atoms with Crippen molar-refractivity contribution >= 4 is 5.91 Å². The van der Waals surface area contributed by atoms with Crippen molar-refractivity contribution in [1.82, 2.24) is 25.2 Å². The van der Waals surface area contributed by atoms with Gasteiger partial charge < -0.3 is 5.32 Å². The fourth-order valence-electron chi connectivity index (χ4n) is 1.57. The lowest BCUT2D eigenvalue weighted by Gasteiger charge is -2.18. The molecule has 0 unspecified atom stereocenters. The van der Waals surface area contributed by atoms with Gasteiger partial charge in [-0.05, 0) is 20.8 Å². The van der Waals surface area contributed by atoms with E-state index in [1.54, 1.807) is 10.9 Å². The third-order valence-electron chi connectivity index (χ3n) is 2.66. The van der Waals surface area contributed by atoms with Crippen LogP contribution in [-0.2, 0) is 12.0 Å². The Morgan fingerprint density at radius 2 is 2.25 bits per heavy atom. The second kappa shape index (κ2) is 5.32. The summed E-state index contributed by atoms with van der Waals surface area (Å²) >= 11 is 0. The summed E-state index contributed by atoms with van der Waals surface area (Å²) < 4.78 is 6.09. The largest absolute Gasteiger partial charge is 0.438 e. The first kappa shape index (κ1) is 14.0. The molecule has 20 heavy (non-hydrogen) atoms. The maximum atomic E-state index is 11.9. The van der Waals surface area contributed by atoms with Crippen LogP contribution in [0, 0.1) is 0 Å². The summed E-state index contributed by atoms with van der Waals surface area (Å²) in [5.74, 6) is -0.412. The van der Waals surface area contributed by atoms with E-state index < -0.39 is 5.76 Å². The highest BCUT2D eigenvalue weighted by Gasteiger charge is 2.16. The standard InChI is InChI=1S/C12H17N5O3/c1-12(2,3)17-7-8(6-14-17)10(18)13-5-4-9-15-11(19)20-16-9/h6-7H,4-5H2,1-3H3,(H,13,18)(H,15,16,19). The van der Waals surface area contributed by atoms with Crippen LogP contribution < -0.4 is 11.1 Å². The first-order chi connectivity index (χ1) is 9.36. The number of rotatable bonds is 4. The average Bonchev–Trinajstić information content (AvgIpc) is 2.97. The third kappa shape index (κ3) is 3.34. The quantitative estimate of drug-likeness (QED) is 0.836. The van der Waals surface area contributed by atoms with Gasteiger partial charge in [0, 0.05) is 19.2 Å². The number of hydrogen-bond donors (Lipinski definition) is 2. The van der Waals surface area contributed by atoms with Crippen LogP contribution in [-0.4, -0.2) is 32.4 Å². The maximum Gasteiger partial charge on any atom is 0.438 e. The van der Waals surface area contributed by atoms with E-state index in [2.05, 4.69) is 25.1 Å². The number of nitrogens with zero attached hydrogens (tertiary/aromatic N) is 3. The molecule has 0 atom stereocenters. The van der Waals surface area contributed by atoms with Crippen molar-refractivity contribution in [3.05, 3.63) is 34.3 Å². The lowest BCUT2D eigenvalue weighted by atomic mass is 10.1. The minimum Gasteiger partial charge on any atom is -0.351 e. The zero-order valence-corrected chi connectivity index (χ0v) is 11.6. The van der Waals surface area contributed by atoms with Crippen molar-refractivity contribution in [3.63, 3.8) is 0 Å². The van der Waals surface area contributed by atoms with Gasteiger partial charge in [0.05, 0.1) is 17.3 Å². The number of H-pyrrole nitrogens is 1. The summed E-state index contributed by atoms with van der Waals surface area (Å²) in [4.78, 5) is 25.0. The van der Waals surface area contributed by atoms with Crippen LogP contribution in [0.2, 0.25) is 0 Å². The summed E-state index contributed by atoms with van der Waals surface area (Å²) in [5.41, 5.74) is 0.326. The van der Waals surface area contributed by atoms with Gasteiger partial charge >= 0.3 is 5.76 Å². The first-order valence-corrected chi connectivity index (χ1v) is 6.24. The fourth-order valence-corrected chi connectivity index (χ4v) is 1.57. The molecule has 0 radical (unpaired) electrons. The molecule has 2 N–H and O–H groups in total. The maximum absolute atomic E-state index is 11.9. The van der Waals surface area contributed by atoms with Crippen LogP contribution in [0.4, 0.5) is 0 Å². The van der Waals surface area contributed by atoms with Gasteiger partial charge in [-0.3, -0.25) is 19.0 Å². The molecule has 0 aliphatic carbocycles. The lowest BCUT2D eigenvalue weighted by Crippen LogP contribution is -2.26. The van der Waals surface area contributed by atoms with Crippen molar-refractivity contribution in [1.29, 1.82) is 0 Å². The first-order valence-electron chi connectivity index (χ1n) is 6.24. The van der Waals surface area contributed by atoms with Crippen LogP contribution >= 0.6 is 0 Å². The topological polar surface area (TPSA) is 106 Å². The van der Waals surface area contributed by atoms with Crippen molar-refractivity contribution in [2.75, 3.05) is 6.54 Å². The molecule has 0 aliphatic heterocycles. The number of carbonyl (C=O) groups is 1. The molecule has 2 rings (SSSR count). The molecule has 2 aromatic heterocycles. The van der Waals surface area contributed by atoms with Gasteiger partial charge in [-0.25, -0.2) is 4.79 Å². The summed E-state index contributed by atoms with van der Waals surface area (Å²) in [7, 11) is 0. The Hall–Kier alpha value is -2.38. The highest BCUT2D eigenvalue weighted by molar-refractivity contribution is 5.93. The van der Waals surface area contributed by atoms with Crippen molar-refractivity contribution in [2.24, 2.45) is 0 Å². The van der Waals surface area contributed by atoms with Gasteiger partial charge in [-0.2, -0.15) is 5.10 Å². The molecular formula is C12H17N5O3. The van der Waals surface area contributed by atoms with Crippen molar-refractivity contribution in [3.8, 4) is 0 Å². The lowest BCUT2D eigenvalue weighted by molar-refractivity contribution is 0.0953. The smallest absolute Gasteiger partial charge is 0.351 e. The Morgan fingerprint density at radius 1 is 1.50 bits per heavy atom. The molecule has 0 fully saturated rings. The normalized spacial score (nSPS) is 11.6. The molecule has 2 heterocycles. The van der Waals surface area contributed by atoms with E-state index in [0.717, 1.165) is 0 Å². The Kier molecular flexibility index (Phi) is 3.73. The number of hydrogen-bond acceptors (Lipinski definition) is 5. The summed E-state index contributed by atoms with van der Waals surface area (Å²) in [6.45, 7) is 6.36. The number of carbonyl (C=O) groups excluding carboxylic acids is 1. The van der Waals surface area contributed by atoms with Crippen LogP contribution in [0.1, 0.15) is 37.0 Å². The van der Waals surface area contributed by atoms with E-state index in [0.29, 0.717) is 24.4 Å². The molecule has 0 spiro atoms. The van der Waals surface area contributed by atoms with Gasteiger partial charge in [0.2, 0.25) is 0 Å². The van der Waals surface area contributed by atoms with E-state index in [9.17, 15) is 9.59 Å². The number of aromatic nitrogens is 4. The van der Waals surface area contributed by atoms with Gasteiger partial charge in [0.15, 0.2) is 5.82 Å². The Labute approximate surface area is 115 Å². The Balaban J connectivity index is 1.89. The molecule has 0 bridgehead atoms. The Bertz CT molecular complexity index is 646. The summed E-state index contributed by atoms with van der Waals surface area (Å²) in [6, 6.07) is 0. The van der Waals surface area contributed by atoms with E-state index in [-0.39, 0.29) is 11.4 Å². The Morgan fingerprint density at radius 3 is 2.80 bits per heavy atom. The molecule has 0 aliphatic rings. The van der Waals surface area contributed by atoms with Crippen LogP contribution in [0.15, 0.2) is 21.7 Å². The molecular weight excluding hydrogens is 262 g/mol. The number of nitrogens with one attached hydrogen (secondary N) is 2. The summed E-state index contributed by atoms with van der Waals surface area (Å²) in [5, 5.41) is 10.4. The molecule has 0 saturated carbocycles. The molecule has 8 heteroatoms. The average molecular weight is 279 g/mol. The zero-order chi connectivity index (χ0) is 14.8. The van der Waals surface area contributed by atoms with Crippen LogP contribution in [0.25, 0.3) is 0 Å². The minimum atomic E-state index is -0.599. The number of aromatic amines is 1. The molecule has 8 nitrogen and oxygen atoms in total. The molecule has 2 aromatic rings. The molecule has 0 saturated heterocycles. The zero-order valence-electron chi connectivity index (χ0n) is 11.6. The second-order valence-electron chi connectivity index (χ2n) is 5.39. The summed E-state index contributed by atoms with van der Waals surface area (Å²) in [6.07, 6.45) is 3.62. The van der Waals surface area contributed by atoms with Gasteiger partial charge in [-0.15, -0.1) is 0 Å². The van der Waals surface area contributed by atoms with Gasteiger partial charge in [0.1, 0.15) is 0 Å². The van der Waals surface area contributed by atoms with Crippen molar-refractivity contribution < 1.29 is 9.32 Å². The van der Waals surface area contributed by atoms with E-state index >= 15 is 0 Å². The van der Waals surface area contributed by atoms with Crippen LogP contribution in [0.5, 0.6) is 0 Å². The monoisotopic (exact) mass is 279 g/mol. The van der Waals surface area contributed by atoms with Gasteiger partial charge in [-0.1, -0.05) is 5.16 Å². The highest BCUT2D eigenvalue weighted by atomic mass is 16.5. The minimum absolute atomic E-state index is 0.168. The highest BCUT2D eigenvalue weighted by Crippen LogP contribution is 2.12. The van der Waals surface area contributed by atoms with E-state index in [1.165, 1.54) is 6.20 Å². The molecule has 108 valence electrons. The SMILES string of the molecule is CC(C)(C)n1cc(C(=O)NCCc2noc(=O)[nH]2)cn1. The fraction of sp³-hybridized carbons (Fsp3) is 0.500. The predicted octanol–water partition coefficient (Wildman–Crippen LogP) is 0.287. The second-order valence-corrected chi connectivity index (χ2v) is 5.39. The van der Waals surface area contributed by atoms with Crippen molar-refractivity contribution in [2.45, 2.75) is 32.7 Å². The van der Waals surface area contributed by atoms with E-state index in [4.69, 9.17) is 0 Å². The van der Waals surface area contributed by atoms with Gasteiger partial charge in [0.25, 0.3) is 5.91 Å². The molecule has 0 aromatic carbocycles. The van der Waals surface area contributed by atoms with Crippen LogP contribution in [0.3, 0.4) is 0 Å².